The Hall–Kier alpha value is -1.18. The van der Waals surface area contributed by atoms with E-state index in [2.05, 4.69) is 0 Å². The minimum Gasteiger partial charge on any atom is -0.291 e. The number of alkyl halides is 3. The van der Waals surface area contributed by atoms with Crippen LogP contribution >= 0.6 is 11.9 Å². The maximum absolute atomic E-state index is 12.3. The van der Waals surface area contributed by atoms with Crippen molar-refractivity contribution in [2.45, 2.75) is 6.18 Å². The lowest BCUT2D eigenvalue weighted by molar-refractivity contribution is -0.144. The monoisotopic (exact) mass is 240 g/mol. The third kappa shape index (κ3) is 2.09. The van der Waals surface area contributed by atoms with Crippen molar-refractivity contribution in [2.24, 2.45) is 7.05 Å². The molecule has 4 nitrogen and oxygen atoms in total. The Kier molecular flexibility index (Phi) is 2.98. The van der Waals surface area contributed by atoms with Crippen molar-refractivity contribution in [2.75, 3.05) is 6.26 Å². The minimum atomic E-state index is -4.70. The second-order valence-corrected chi connectivity index (χ2v) is 3.41. The van der Waals surface area contributed by atoms with E-state index in [-0.39, 0.29) is 0 Å². The van der Waals surface area contributed by atoms with Gasteiger partial charge in [0.2, 0.25) is 0 Å². The summed E-state index contributed by atoms with van der Waals surface area (Å²) in [6.45, 7) is 0. The second kappa shape index (κ2) is 3.76. The van der Waals surface area contributed by atoms with Crippen LogP contribution in [0, 0.1) is 0 Å². The van der Waals surface area contributed by atoms with Gasteiger partial charge < -0.3 is 0 Å². The highest BCUT2D eigenvalue weighted by Crippen LogP contribution is 2.26. The molecule has 1 aromatic rings. The zero-order chi connectivity index (χ0) is 11.8. The third-order valence-corrected chi connectivity index (χ3v) is 2.46. The number of hydrogen-bond acceptors (Lipinski definition) is 3. The maximum Gasteiger partial charge on any atom is 0.431 e. The van der Waals surface area contributed by atoms with E-state index in [1.807, 2.05) is 0 Å². The molecule has 1 rings (SSSR count). The topological polar surface area (TPSA) is 44.0 Å². The first-order valence-electron chi connectivity index (χ1n) is 3.74. The molecule has 0 saturated heterocycles. The summed E-state index contributed by atoms with van der Waals surface area (Å²) < 4.78 is 38.0. The first-order chi connectivity index (χ1) is 6.79. The van der Waals surface area contributed by atoms with E-state index in [9.17, 15) is 22.8 Å². The van der Waals surface area contributed by atoms with Crippen LogP contribution in [0.2, 0.25) is 0 Å². The lowest BCUT2D eigenvalue weighted by atomic mass is 10.4. The van der Waals surface area contributed by atoms with Crippen LogP contribution in [0.1, 0.15) is 5.69 Å². The molecule has 0 aliphatic rings. The Balaban J connectivity index is 3.63. The fourth-order valence-electron chi connectivity index (χ4n) is 1.05. The van der Waals surface area contributed by atoms with E-state index < -0.39 is 23.1 Å². The number of nitrogens with zero attached hydrogens (tertiary/aromatic N) is 2. The van der Waals surface area contributed by atoms with Crippen molar-refractivity contribution >= 4 is 11.9 Å². The number of halogens is 3. The largest absolute Gasteiger partial charge is 0.431 e. The van der Waals surface area contributed by atoms with Crippen molar-refractivity contribution in [3.8, 4) is 0 Å². The van der Waals surface area contributed by atoms with Crippen LogP contribution in [-0.2, 0) is 13.2 Å². The van der Waals surface area contributed by atoms with Gasteiger partial charge >= 0.3 is 11.9 Å². The highest BCUT2D eigenvalue weighted by Gasteiger charge is 2.34. The van der Waals surface area contributed by atoms with Gasteiger partial charge in [-0.25, -0.2) is 8.77 Å². The van der Waals surface area contributed by atoms with Crippen molar-refractivity contribution in [3.05, 3.63) is 32.6 Å². The molecule has 0 spiro atoms. The molecule has 0 amide bonds. The number of rotatable bonds is 1. The predicted molar refractivity (Wildman–Crippen MR) is 49.9 cm³/mol. The van der Waals surface area contributed by atoms with Crippen LogP contribution in [0.25, 0.3) is 0 Å². The predicted octanol–water partition coefficient (Wildman–Crippen LogP) is 0.692. The van der Waals surface area contributed by atoms with Gasteiger partial charge in [0.25, 0.3) is 5.56 Å². The molecular formula is C7H7F3N2O2S. The van der Waals surface area contributed by atoms with Crippen LogP contribution < -0.4 is 11.2 Å². The summed E-state index contributed by atoms with van der Waals surface area (Å²) in [6, 6.07) is 0.401. The molecule has 8 heteroatoms. The molecule has 0 radical (unpaired) electrons. The quantitative estimate of drug-likeness (QED) is 0.725. The summed E-state index contributed by atoms with van der Waals surface area (Å²) in [5.41, 5.74) is -3.22. The van der Waals surface area contributed by atoms with Crippen LogP contribution in [-0.4, -0.2) is 14.8 Å². The van der Waals surface area contributed by atoms with E-state index in [0.717, 1.165) is 19.0 Å². The van der Waals surface area contributed by atoms with Gasteiger partial charge in [-0.3, -0.25) is 9.36 Å². The minimum absolute atomic E-state index is 0.401. The highest BCUT2D eigenvalue weighted by atomic mass is 32.2. The first-order valence-corrected chi connectivity index (χ1v) is 4.92. The van der Waals surface area contributed by atoms with Crippen LogP contribution in [0.5, 0.6) is 0 Å². The van der Waals surface area contributed by atoms with Crippen LogP contribution in [0.3, 0.4) is 0 Å². The molecule has 0 aliphatic carbocycles. The standard InChI is InChI=1S/C7H7F3N2O2S/c1-11-4(7(8,9)10)3-5(13)12(15-2)6(11)14/h3H,1-2H3. The maximum atomic E-state index is 12.3. The lowest BCUT2D eigenvalue weighted by Crippen LogP contribution is -2.38. The molecule has 15 heavy (non-hydrogen) atoms. The van der Waals surface area contributed by atoms with E-state index >= 15 is 0 Å². The van der Waals surface area contributed by atoms with E-state index in [1.54, 1.807) is 0 Å². The summed E-state index contributed by atoms with van der Waals surface area (Å²) in [6.07, 6.45) is -3.28. The van der Waals surface area contributed by atoms with Gasteiger partial charge in [-0.05, 0) is 11.9 Å². The van der Waals surface area contributed by atoms with Crippen LogP contribution in [0.15, 0.2) is 15.7 Å². The Morgan fingerprint density at radius 3 is 2.27 bits per heavy atom. The van der Waals surface area contributed by atoms with Crippen molar-refractivity contribution in [1.82, 2.24) is 8.54 Å². The van der Waals surface area contributed by atoms with Gasteiger partial charge in [0.05, 0.1) is 0 Å². The number of hydrogen-bond donors (Lipinski definition) is 0. The second-order valence-electron chi connectivity index (χ2n) is 2.68. The van der Waals surface area contributed by atoms with E-state index in [4.69, 9.17) is 0 Å². The van der Waals surface area contributed by atoms with Gasteiger partial charge in [-0.1, -0.05) is 0 Å². The van der Waals surface area contributed by atoms with Gasteiger partial charge in [0, 0.05) is 19.4 Å². The fraction of sp³-hybridized carbons (Fsp3) is 0.429. The lowest BCUT2D eigenvalue weighted by Gasteiger charge is -2.12. The highest BCUT2D eigenvalue weighted by molar-refractivity contribution is 7.97. The summed E-state index contributed by atoms with van der Waals surface area (Å²) in [7, 11) is 0.970. The van der Waals surface area contributed by atoms with Gasteiger partial charge in [0.1, 0.15) is 5.69 Å². The summed E-state index contributed by atoms with van der Waals surface area (Å²) in [5, 5.41) is 0. The molecule has 0 N–H and O–H groups in total. The molecule has 1 aromatic heterocycles. The smallest absolute Gasteiger partial charge is 0.291 e. The Labute approximate surface area is 86.5 Å². The molecule has 0 aliphatic heterocycles. The zero-order valence-corrected chi connectivity index (χ0v) is 8.65. The SMILES string of the molecule is CSn1c(=O)cc(C(F)(F)F)n(C)c1=O. The Morgan fingerprint density at radius 1 is 1.33 bits per heavy atom. The van der Waals surface area contributed by atoms with Crippen molar-refractivity contribution in [1.29, 1.82) is 0 Å². The average Bonchev–Trinajstić information content (AvgIpc) is 2.10. The van der Waals surface area contributed by atoms with E-state index in [1.165, 1.54) is 6.26 Å². The molecule has 1 heterocycles. The average molecular weight is 240 g/mol. The zero-order valence-electron chi connectivity index (χ0n) is 7.83. The molecule has 0 atom stereocenters. The molecular weight excluding hydrogens is 233 g/mol. The Bertz CT molecular complexity index is 488. The summed E-state index contributed by atoms with van der Waals surface area (Å²) in [4.78, 5) is 22.4. The normalized spacial score (nSPS) is 11.8. The van der Waals surface area contributed by atoms with Gasteiger partial charge in [-0.15, -0.1) is 0 Å². The molecule has 0 saturated carbocycles. The summed E-state index contributed by atoms with van der Waals surface area (Å²) >= 11 is 0.759. The first kappa shape index (κ1) is 11.9. The van der Waals surface area contributed by atoms with Gasteiger partial charge in [0.15, 0.2) is 0 Å². The molecule has 0 bridgehead atoms. The Morgan fingerprint density at radius 2 is 1.87 bits per heavy atom. The number of aromatic nitrogens is 2. The van der Waals surface area contributed by atoms with Crippen molar-refractivity contribution < 1.29 is 13.2 Å². The van der Waals surface area contributed by atoms with Crippen molar-refractivity contribution in [3.63, 3.8) is 0 Å². The van der Waals surface area contributed by atoms with Gasteiger partial charge in [-0.2, -0.15) is 13.2 Å². The molecule has 0 aromatic carbocycles. The molecule has 0 fully saturated rings. The van der Waals surface area contributed by atoms with E-state index in [0.29, 0.717) is 14.6 Å². The molecule has 0 unspecified atom stereocenters. The fourth-order valence-corrected chi connectivity index (χ4v) is 1.56. The summed E-state index contributed by atoms with van der Waals surface area (Å²) in [5.74, 6) is 0. The third-order valence-electron chi connectivity index (χ3n) is 1.76. The van der Waals surface area contributed by atoms with Crippen LogP contribution in [0.4, 0.5) is 13.2 Å². The molecule has 84 valence electrons.